The number of aromatic nitrogens is 2. The van der Waals surface area contributed by atoms with E-state index in [0.717, 1.165) is 30.0 Å². The first-order valence-corrected chi connectivity index (χ1v) is 8.04. The highest BCUT2D eigenvalue weighted by Crippen LogP contribution is 2.30. The highest BCUT2D eigenvalue weighted by molar-refractivity contribution is 7.99. The minimum atomic E-state index is -4.50. The predicted octanol–water partition coefficient (Wildman–Crippen LogP) is 4.05. The van der Waals surface area contributed by atoms with Gasteiger partial charge in [-0.2, -0.15) is 26.3 Å². The molecule has 0 aromatic carbocycles. The second-order valence-corrected chi connectivity index (χ2v) is 6.08. The summed E-state index contributed by atoms with van der Waals surface area (Å²) in [6, 6.07) is 3.89. The minimum absolute atomic E-state index is 0.0685. The van der Waals surface area contributed by atoms with Crippen molar-refractivity contribution in [3.63, 3.8) is 0 Å². The van der Waals surface area contributed by atoms with Crippen LogP contribution in [-0.2, 0) is 12.4 Å². The van der Waals surface area contributed by atoms with Crippen LogP contribution in [0.4, 0.5) is 26.3 Å². The minimum Gasteiger partial charge on any atom is -0.475 e. The van der Waals surface area contributed by atoms with Gasteiger partial charge in [-0.25, -0.2) is 9.97 Å². The maximum Gasteiger partial charge on any atom is 0.417 e. The van der Waals surface area contributed by atoms with Crippen LogP contribution in [-0.4, -0.2) is 33.5 Å². The van der Waals surface area contributed by atoms with E-state index in [0.29, 0.717) is 12.4 Å². The lowest BCUT2D eigenvalue weighted by Crippen LogP contribution is -2.20. The number of aliphatic hydroxyl groups excluding tert-OH is 1. The van der Waals surface area contributed by atoms with E-state index < -0.39 is 29.6 Å². The first-order chi connectivity index (χ1) is 12.1. The summed E-state index contributed by atoms with van der Waals surface area (Å²) in [6.45, 7) is -0.244. The molecule has 142 valence electrons. The molecular weight excluding hydrogens is 386 g/mol. The average molecular weight is 398 g/mol. The van der Waals surface area contributed by atoms with Gasteiger partial charge in [0.15, 0.2) is 0 Å². The summed E-state index contributed by atoms with van der Waals surface area (Å²) in [7, 11) is 0. The van der Waals surface area contributed by atoms with E-state index in [2.05, 4.69) is 9.97 Å². The second kappa shape index (κ2) is 8.12. The highest BCUT2D eigenvalue weighted by atomic mass is 32.2. The number of hydrogen-bond acceptors (Lipinski definition) is 5. The van der Waals surface area contributed by atoms with Gasteiger partial charge in [-0.1, -0.05) is 0 Å². The summed E-state index contributed by atoms with van der Waals surface area (Å²) >= 11 is 1.01. The van der Waals surface area contributed by atoms with Gasteiger partial charge in [0.05, 0.1) is 22.3 Å². The number of nitrogens with zero attached hydrogens (tertiary/aromatic N) is 2. The van der Waals surface area contributed by atoms with Gasteiger partial charge in [0.1, 0.15) is 6.61 Å². The standard InChI is InChI=1S/C15H12F6N2O2S/c16-14(17,18)9-1-3-12(22-5-9)25-7-11(24)8-26-13-4-2-10(6-23-13)15(19,20)21/h1-6,11,24H,7-8H2/t11-/m0/s1. The lowest BCUT2D eigenvalue weighted by molar-refractivity contribution is -0.138. The van der Waals surface area contributed by atoms with Gasteiger partial charge in [0.25, 0.3) is 0 Å². The lowest BCUT2D eigenvalue weighted by atomic mass is 10.3. The lowest BCUT2D eigenvalue weighted by Gasteiger charge is -2.12. The fourth-order valence-electron chi connectivity index (χ4n) is 1.68. The normalized spacial score (nSPS) is 13.5. The Morgan fingerprint density at radius 3 is 1.96 bits per heavy atom. The molecule has 0 aliphatic rings. The van der Waals surface area contributed by atoms with E-state index in [1.54, 1.807) is 0 Å². The van der Waals surface area contributed by atoms with E-state index in [9.17, 15) is 31.4 Å². The third-order valence-corrected chi connectivity index (χ3v) is 4.06. The third kappa shape index (κ3) is 6.06. The molecule has 2 heterocycles. The first kappa shape index (κ1) is 20.3. The zero-order chi connectivity index (χ0) is 19.4. The van der Waals surface area contributed by atoms with Crippen molar-refractivity contribution in [3.8, 4) is 5.88 Å². The van der Waals surface area contributed by atoms with Crippen molar-refractivity contribution in [3.05, 3.63) is 47.8 Å². The Hall–Kier alpha value is -2.01. The molecule has 2 aromatic heterocycles. The van der Waals surface area contributed by atoms with Crippen molar-refractivity contribution in [1.29, 1.82) is 0 Å². The Kier molecular flexibility index (Phi) is 6.34. The number of pyridine rings is 2. The van der Waals surface area contributed by atoms with Gasteiger partial charge in [-0.3, -0.25) is 0 Å². The molecule has 4 nitrogen and oxygen atoms in total. The molecule has 0 spiro atoms. The monoisotopic (exact) mass is 398 g/mol. The number of hydrogen-bond donors (Lipinski definition) is 1. The van der Waals surface area contributed by atoms with Gasteiger partial charge >= 0.3 is 12.4 Å². The summed E-state index contributed by atoms with van der Waals surface area (Å²) in [6.07, 6.45) is -8.69. The molecule has 0 fully saturated rings. The molecule has 0 amide bonds. The van der Waals surface area contributed by atoms with Crippen molar-refractivity contribution >= 4 is 11.8 Å². The van der Waals surface area contributed by atoms with Crippen LogP contribution in [0.3, 0.4) is 0 Å². The molecule has 0 aliphatic heterocycles. The number of thioether (sulfide) groups is 1. The van der Waals surface area contributed by atoms with E-state index >= 15 is 0 Å². The smallest absolute Gasteiger partial charge is 0.417 e. The zero-order valence-electron chi connectivity index (χ0n) is 12.9. The quantitative estimate of drug-likeness (QED) is 0.588. The van der Waals surface area contributed by atoms with Crippen LogP contribution < -0.4 is 4.74 Å². The molecule has 11 heteroatoms. The Labute approximate surface area is 148 Å². The van der Waals surface area contributed by atoms with Crippen LogP contribution in [0, 0.1) is 0 Å². The fourth-order valence-corrected chi connectivity index (χ4v) is 2.43. The van der Waals surface area contributed by atoms with E-state index in [1.165, 1.54) is 6.07 Å². The molecule has 2 rings (SSSR count). The van der Waals surface area contributed by atoms with Crippen molar-refractivity contribution in [1.82, 2.24) is 9.97 Å². The summed E-state index contributed by atoms with van der Waals surface area (Å²) in [5.74, 6) is -0.0198. The van der Waals surface area contributed by atoms with Crippen LogP contribution in [0.15, 0.2) is 41.7 Å². The fraction of sp³-hybridized carbons (Fsp3) is 0.333. The average Bonchev–Trinajstić information content (AvgIpc) is 2.57. The first-order valence-electron chi connectivity index (χ1n) is 7.06. The van der Waals surface area contributed by atoms with Crippen LogP contribution in [0.1, 0.15) is 11.1 Å². The molecule has 0 bridgehead atoms. The third-order valence-electron chi connectivity index (χ3n) is 2.97. The van der Waals surface area contributed by atoms with Crippen molar-refractivity contribution in [2.24, 2.45) is 0 Å². The van der Waals surface area contributed by atoms with E-state index in [4.69, 9.17) is 4.74 Å². The van der Waals surface area contributed by atoms with E-state index in [1.807, 2.05) is 0 Å². The largest absolute Gasteiger partial charge is 0.475 e. The Morgan fingerprint density at radius 2 is 1.50 bits per heavy atom. The number of alkyl halides is 6. The SMILES string of the molecule is O[C@@H](COc1ccc(C(F)(F)F)cn1)CSc1ccc(C(F)(F)F)cn1. The predicted molar refractivity (Wildman–Crippen MR) is 80.7 cm³/mol. The number of halogens is 6. The highest BCUT2D eigenvalue weighted by Gasteiger charge is 2.31. The van der Waals surface area contributed by atoms with Gasteiger partial charge in [-0.15, -0.1) is 11.8 Å². The molecule has 1 atom stereocenters. The number of aliphatic hydroxyl groups is 1. The Morgan fingerprint density at radius 1 is 0.923 bits per heavy atom. The molecular formula is C15H12F6N2O2S. The van der Waals surface area contributed by atoms with Crippen molar-refractivity contribution in [2.75, 3.05) is 12.4 Å². The summed E-state index contributed by atoms with van der Waals surface area (Å²) in [5, 5.41) is 10.1. The number of ether oxygens (including phenoxy) is 1. The Balaban J connectivity index is 1.79. The summed E-state index contributed by atoms with van der Waals surface area (Å²) < 4.78 is 79.5. The van der Waals surface area contributed by atoms with Crippen LogP contribution in [0.25, 0.3) is 0 Å². The second-order valence-electron chi connectivity index (χ2n) is 5.04. The maximum atomic E-state index is 12.4. The van der Waals surface area contributed by atoms with Crippen LogP contribution in [0.2, 0.25) is 0 Å². The van der Waals surface area contributed by atoms with Crippen molar-refractivity contribution in [2.45, 2.75) is 23.5 Å². The maximum absolute atomic E-state index is 12.4. The molecule has 0 unspecified atom stereocenters. The Bertz CT molecular complexity index is 643. The summed E-state index contributed by atoms with van der Waals surface area (Å²) in [4.78, 5) is 7.13. The number of rotatable bonds is 6. The van der Waals surface area contributed by atoms with E-state index in [-0.39, 0.29) is 23.3 Å². The van der Waals surface area contributed by atoms with Crippen molar-refractivity contribution < 1.29 is 36.2 Å². The van der Waals surface area contributed by atoms with Gasteiger partial charge in [0, 0.05) is 24.2 Å². The molecule has 1 N–H and O–H groups in total. The van der Waals surface area contributed by atoms with Gasteiger partial charge < -0.3 is 9.84 Å². The van der Waals surface area contributed by atoms with Crippen LogP contribution in [0.5, 0.6) is 5.88 Å². The topological polar surface area (TPSA) is 55.2 Å². The van der Waals surface area contributed by atoms with Crippen LogP contribution >= 0.6 is 11.8 Å². The van der Waals surface area contributed by atoms with Gasteiger partial charge in [-0.05, 0) is 18.2 Å². The summed E-state index contributed by atoms with van der Waals surface area (Å²) in [5.41, 5.74) is -1.80. The molecule has 0 aliphatic carbocycles. The molecule has 0 saturated carbocycles. The molecule has 2 aromatic rings. The molecule has 0 radical (unpaired) electrons. The van der Waals surface area contributed by atoms with Gasteiger partial charge in [0.2, 0.25) is 5.88 Å². The molecule has 26 heavy (non-hydrogen) atoms. The molecule has 0 saturated heterocycles. The zero-order valence-corrected chi connectivity index (χ0v) is 13.7.